The Morgan fingerprint density at radius 2 is 1.88 bits per heavy atom. The monoisotopic (exact) mass is 387 g/mol. The molecule has 11 heteroatoms. The summed E-state index contributed by atoms with van der Waals surface area (Å²) in [6.45, 7) is -0.101. The van der Waals surface area contributed by atoms with E-state index < -0.39 is 27.7 Å². The average Bonchev–Trinajstić information content (AvgIpc) is 2.60. The fourth-order valence-corrected chi connectivity index (χ4v) is 3.84. The van der Waals surface area contributed by atoms with Crippen LogP contribution in [0.1, 0.15) is 15.9 Å². The van der Waals surface area contributed by atoms with Gasteiger partial charge in [0.1, 0.15) is 12.3 Å². The molecule has 0 saturated heterocycles. The second kappa shape index (κ2) is 6.16. The van der Waals surface area contributed by atoms with Crippen molar-refractivity contribution >= 4 is 21.6 Å². The smallest absolute Gasteiger partial charge is 0.416 e. The number of halogens is 3. The molecule has 7 nitrogen and oxygen atoms in total. The van der Waals surface area contributed by atoms with E-state index in [0.717, 1.165) is 22.6 Å². The first-order valence-electron chi connectivity index (χ1n) is 7.23. The van der Waals surface area contributed by atoms with E-state index in [9.17, 15) is 26.4 Å². The summed E-state index contributed by atoms with van der Waals surface area (Å²) >= 11 is 0. The van der Waals surface area contributed by atoms with Gasteiger partial charge in [-0.15, -0.1) is 0 Å². The second-order valence-corrected chi connectivity index (χ2v) is 7.22. The third-order valence-electron chi connectivity index (χ3n) is 3.69. The normalized spacial score (nSPS) is 14.5. The van der Waals surface area contributed by atoms with Crippen LogP contribution in [0.3, 0.4) is 0 Å². The fraction of sp³-hybridized carbons (Fsp3) is 0.200. The van der Waals surface area contributed by atoms with Gasteiger partial charge in [0.15, 0.2) is 0 Å². The Balaban J connectivity index is 2.04. The van der Waals surface area contributed by atoms with Crippen LogP contribution in [0.4, 0.5) is 18.9 Å². The van der Waals surface area contributed by atoms with E-state index in [2.05, 4.69) is 4.98 Å². The third kappa shape index (κ3) is 3.17. The number of amides is 1. The molecule has 2 N–H and O–H groups in total. The summed E-state index contributed by atoms with van der Waals surface area (Å²) in [5.41, 5.74) is 4.18. The second-order valence-electron chi connectivity index (χ2n) is 5.36. The minimum atomic E-state index is -4.58. The van der Waals surface area contributed by atoms with Gasteiger partial charge in [-0.1, -0.05) is 0 Å². The number of aromatic nitrogens is 1. The van der Waals surface area contributed by atoms with Crippen molar-refractivity contribution in [3.63, 3.8) is 0 Å². The van der Waals surface area contributed by atoms with Gasteiger partial charge in [-0.05, 0) is 30.3 Å². The van der Waals surface area contributed by atoms with Crippen LogP contribution in [0.2, 0.25) is 0 Å². The average molecular weight is 387 g/mol. The van der Waals surface area contributed by atoms with E-state index in [0.29, 0.717) is 12.1 Å². The van der Waals surface area contributed by atoms with Crippen LogP contribution in [0.5, 0.6) is 5.88 Å². The lowest BCUT2D eigenvalue weighted by atomic mass is 10.2. The number of rotatable bonds is 3. The number of carbonyl (C=O) groups is 1. The van der Waals surface area contributed by atoms with E-state index in [1.54, 1.807) is 0 Å². The summed E-state index contributed by atoms with van der Waals surface area (Å²) in [5, 5.41) is 0. The number of hydrogen-bond acceptors (Lipinski definition) is 5. The van der Waals surface area contributed by atoms with E-state index in [-0.39, 0.29) is 35.2 Å². The Morgan fingerprint density at radius 1 is 1.23 bits per heavy atom. The maximum atomic E-state index is 12.8. The molecule has 0 spiro atoms. The Morgan fingerprint density at radius 3 is 2.46 bits per heavy atom. The van der Waals surface area contributed by atoms with Crippen LogP contribution >= 0.6 is 0 Å². The van der Waals surface area contributed by atoms with Gasteiger partial charge >= 0.3 is 6.18 Å². The zero-order chi connectivity index (χ0) is 19.1. The Hall–Kier alpha value is -2.82. The number of primary amides is 1. The molecule has 1 aliphatic rings. The number of fused-ring (bicyclic) bond motifs is 1. The van der Waals surface area contributed by atoms with Crippen molar-refractivity contribution in [1.82, 2.24) is 4.98 Å². The number of benzene rings is 1. The number of carbonyl (C=O) groups excluding carboxylic acids is 1. The van der Waals surface area contributed by atoms with Gasteiger partial charge in [0, 0.05) is 6.20 Å². The van der Waals surface area contributed by atoms with Crippen LogP contribution < -0.4 is 14.8 Å². The number of anilines is 1. The molecular weight excluding hydrogens is 375 g/mol. The maximum absolute atomic E-state index is 12.8. The highest BCUT2D eigenvalue weighted by atomic mass is 32.2. The zero-order valence-corrected chi connectivity index (χ0v) is 13.8. The molecule has 1 aromatic heterocycles. The third-order valence-corrected chi connectivity index (χ3v) is 5.52. The lowest BCUT2D eigenvalue weighted by molar-refractivity contribution is -0.137. The molecule has 0 atom stereocenters. The summed E-state index contributed by atoms with van der Waals surface area (Å²) in [4.78, 5) is 14.8. The number of nitrogens with two attached hydrogens (primary N) is 1. The number of hydrogen-bond donors (Lipinski definition) is 1. The van der Waals surface area contributed by atoms with Gasteiger partial charge in [0.2, 0.25) is 11.8 Å². The van der Waals surface area contributed by atoms with Crippen molar-refractivity contribution in [2.24, 2.45) is 5.73 Å². The van der Waals surface area contributed by atoms with Crippen molar-refractivity contribution in [2.75, 3.05) is 17.5 Å². The van der Waals surface area contributed by atoms with Crippen molar-refractivity contribution in [1.29, 1.82) is 0 Å². The highest BCUT2D eigenvalue weighted by Crippen LogP contribution is 2.35. The molecule has 0 unspecified atom stereocenters. The van der Waals surface area contributed by atoms with Gasteiger partial charge in [-0.3, -0.25) is 9.10 Å². The molecule has 26 heavy (non-hydrogen) atoms. The standard InChI is InChI=1S/C15H12F3N3O4S/c16-15(17,18)10-1-3-11(4-2-10)26(23,24)21-5-6-25-14-12(21)7-9(8-20-14)13(19)22/h1-4,7-8H,5-6H2,(H2,19,22). The first-order valence-corrected chi connectivity index (χ1v) is 8.67. The van der Waals surface area contributed by atoms with Crippen LogP contribution in [0.25, 0.3) is 0 Å². The lowest BCUT2D eigenvalue weighted by Crippen LogP contribution is -2.38. The van der Waals surface area contributed by atoms with Crippen LogP contribution in [0.15, 0.2) is 41.4 Å². The van der Waals surface area contributed by atoms with Crippen molar-refractivity contribution < 1.29 is 31.1 Å². The number of pyridine rings is 1. The molecule has 0 radical (unpaired) electrons. The molecule has 0 fully saturated rings. The molecule has 1 aliphatic heterocycles. The molecule has 0 bridgehead atoms. The number of ether oxygens (including phenoxy) is 1. The number of sulfonamides is 1. The van der Waals surface area contributed by atoms with Crippen molar-refractivity contribution in [2.45, 2.75) is 11.1 Å². The fourth-order valence-electron chi connectivity index (χ4n) is 2.40. The summed E-state index contributed by atoms with van der Waals surface area (Å²) < 4.78 is 69.8. The summed E-state index contributed by atoms with van der Waals surface area (Å²) in [6, 6.07) is 4.33. The molecule has 138 valence electrons. The first-order chi connectivity index (χ1) is 12.1. The first kappa shape index (κ1) is 18.0. The zero-order valence-electron chi connectivity index (χ0n) is 13.0. The minimum Gasteiger partial charge on any atom is -0.474 e. The van der Waals surface area contributed by atoms with E-state index in [1.807, 2.05) is 0 Å². The molecule has 1 amide bonds. The topological polar surface area (TPSA) is 103 Å². The van der Waals surface area contributed by atoms with Gasteiger partial charge in [-0.25, -0.2) is 13.4 Å². The van der Waals surface area contributed by atoms with Gasteiger partial charge in [-0.2, -0.15) is 13.2 Å². The number of nitrogens with zero attached hydrogens (tertiary/aromatic N) is 2. The van der Waals surface area contributed by atoms with E-state index in [4.69, 9.17) is 10.5 Å². The van der Waals surface area contributed by atoms with Gasteiger partial charge in [0.25, 0.3) is 10.0 Å². The van der Waals surface area contributed by atoms with E-state index in [1.165, 1.54) is 6.07 Å². The molecule has 2 heterocycles. The lowest BCUT2D eigenvalue weighted by Gasteiger charge is -2.29. The maximum Gasteiger partial charge on any atom is 0.416 e. The number of alkyl halides is 3. The van der Waals surface area contributed by atoms with Crippen LogP contribution in [0, 0.1) is 0 Å². The largest absolute Gasteiger partial charge is 0.474 e. The SMILES string of the molecule is NC(=O)c1cnc2c(c1)N(S(=O)(=O)c1ccc(C(F)(F)F)cc1)CCO2. The van der Waals surface area contributed by atoms with Crippen molar-refractivity contribution in [3.05, 3.63) is 47.7 Å². The highest BCUT2D eigenvalue weighted by Gasteiger charge is 2.34. The van der Waals surface area contributed by atoms with Crippen LogP contribution in [-0.2, 0) is 16.2 Å². The van der Waals surface area contributed by atoms with Gasteiger partial charge < -0.3 is 10.5 Å². The molecule has 2 aromatic rings. The van der Waals surface area contributed by atoms with Crippen LogP contribution in [-0.4, -0.2) is 32.5 Å². The van der Waals surface area contributed by atoms with Gasteiger partial charge in [0.05, 0.1) is 22.6 Å². The van der Waals surface area contributed by atoms with E-state index >= 15 is 0 Å². The highest BCUT2D eigenvalue weighted by molar-refractivity contribution is 7.92. The Bertz CT molecular complexity index is 959. The predicted molar refractivity (Wildman–Crippen MR) is 84.2 cm³/mol. The predicted octanol–water partition coefficient (Wildman–Crippen LogP) is 1.79. The molecular formula is C15H12F3N3O4S. The Labute approximate surface area is 146 Å². The molecule has 0 saturated carbocycles. The Kier molecular flexibility index (Phi) is 4.26. The minimum absolute atomic E-state index is 0.00418. The summed E-state index contributed by atoms with van der Waals surface area (Å²) in [6.07, 6.45) is -3.43. The van der Waals surface area contributed by atoms with Crippen molar-refractivity contribution in [3.8, 4) is 5.88 Å². The summed E-state index contributed by atoms with van der Waals surface area (Å²) in [5.74, 6) is -0.825. The quantitative estimate of drug-likeness (QED) is 0.865. The summed E-state index contributed by atoms with van der Waals surface area (Å²) in [7, 11) is -4.19. The molecule has 3 rings (SSSR count). The molecule has 1 aromatic carbocycles. The molecule has 0 aliphatic carbocycles.